The Morgan fingerprint density at radius 2 is 1.50 bits per heavy atom. The van der Waals surface area contributed by atoms with Crippen molar-refractivity contribution in [2.45, 2.75) is 32.6 Å². The predicted molar refractivity (Wildman–Crippen MR) is 59.8 cm³/mol. The zero-order valence-electron chi connectivity index (χ0n) is 9.94. The molecule has 0 aromatic carbocycles. The summed E-state index contributed by atoms with van der Waals surface area (Å²) in [6.07, 6.45) is 2.52. The third-order valence-electron chi connectivity index (χ3n) is 1.92. The Labute approximate surface area is 96.7 Å². The van der Waals surface area contributed by atoms with Crippen LogP contribution in [0.4, 0.5) is 4.79 Å². The maximum atomic E-state index is 9.99. The first-order valence-electron chi connectivity index (χ1n) is 5.78. The van der Waals surface area contributed by atoms with Gasteiger partial charge in [-0.05, 0) is 19.3 Å². The Balaban J connectivity index is 2.90. The number of unbranched alkanes of at least 4 members (excludes halogenated alkanes) is 2. The molecule has 1 N–H and O–H groups in total. The average molecular weight is 234 g/mol. The van der Waals surface area contributed by atoms with Crippen molar-refractivity contribution in [3.63, 3.8) is 0 Å². The summed E-state index contributed by atoms with van der Waals surface area (Å²) in [4.78, 5) is 9.99. The molecule has 16 heavy (non-hydrogen) atoms. The number of hydrogen-bond acceptors (Lipinski definition) is 4. The van der Waals surface area contributed by atoms with Crippen molar-refractivity contribution in [1.82, 2.24) is 0 Å². The molecule has 0 radical (unpaired) electrons. The predicted octanol–water partition coefficient (Wildman–Crippen LogP) is 2.29. The second-order valence-corrected chi connectivity index (χ2v) is 3.40. The van der Waals surface area contributed by atoms with Crippen LogP contribution >= 0.6 is 0 Å². The average Bonchev–Trinajstić information content (AvgIpc) is 2.25. The molecule has 0 unspecified atom stereocenters. The highest BCUT2D eigenvalue weighted by molar-refractivity contribution is 5.56. The van der Waals surface area contributed by atoms with Gasteiger partial charge in [0.1, 0.15) is 0 Å². The largest absolute Gasteiger partial charge is 0.505 e. The van der Waals surface area contributed by atoms with Gasteiger partial charge < -0.3 is 19.3 Å². The van der Waals surface area contributed by atoms with Crippen LogP contribution in [0, 0.1) is 0 Å². The first kappa shape index (κ1) is 15.2. The van der Waals surface area contributed by atoms with Crippen LogP contribution in [0.15, 0.2) is 0 Å². The minimum atomic E-state index is -1.22. The van der Waals surface area contributed by atoms with Gasteiger partial charge >= 0.3 is 6.16 Å². The summed E-state index contributed by atoms with van der Waals surface area (Å²) in [7, 11) is 0. The van der Waals surface area contributed by atoms with E-state index in [2.05, 4.69) is 11.7 Å². The molecular formula is C11H22O5. The zero-order chi connectivity index (χ0) is 12.1. The molecule has 5 nitrogen and oxygen atoms in total. The lowest BCUT2D eigenvalue weighted by molar-refractivity contribution is 0.0424. The maximum Gasteiger partial charge on any atom is 0.505 e. The number of hydrogen-bond donors (Lipinski definition) is 1. The molecule has 0 atom stereocenters. The topological polar surface area (TPSA) is 65.0 Å². The zero-order valence-corrected chi connectivity index (χ0v) is 9.94. The van der Waals surface area contributed by atoms with Crippen molar-refractivity contribution < 1.29 is 24.1 Å². The van der Waals surface area contributed by atoms with E-state index in [1.54, 1.807) is 0 Å². The SMILES string of the molecule is CCCCOCCOCCCCOC(=O)O. The lowest BCUT2D eigenvalue weighted by Gasteiger charge is -2.05. The second kappa shape index (κ2) is 12.3. The fourth-order valence-electron chi connectivity index (χ4n) is 1.03. The van der Waals surface area contributed by atoms with Crippen LogP contribution in [0.5, 0.6) is 0 Å². The van der Waals surface area contributed by atoms with Gasteiger partial charge in [0.25, 0.3) is 0 Å². The lowest BCUT2D eigenvalue weighted by atomic mass is 10.3. The summed E-state index contributed by atoms with van der Waals surface area (Å²) in [6, 6.07) is 0. The smallest absolute Gasteiger partial charge is 0.450 e. The minimum Gasteiger partial charge on any atom is -0.450 e. The summed E-state index contributed by atoms with van der Waals surface area (Å²) in [5.74, 6) is 0. The molecule has 0 aliphatic heterocycles. The number of carboxylic acid groups (broad SMARTS) is 1. The molecule has 0 saturated carbocycles. The van der Waals surface area contributed by atoms with Crippen LogP contribution in [0.1, 0.15) is 32.6 Å². The third-order valence-corrected chi connectivity index (χ3v) is 1.92. The van der Waals surface area contributed by atoms with Crippen molar-refractivity contribution in [1.29, 1.82) is 0 Å². The lowest BCUT2D eigenvalue weighted by Crippen LogP contribution is -2.07. The van der Waals surface area contributed by atoms with Crippen molar-refractivity contribution in [3.8, 4) is 0 Å². The Hall–Kier alpha value is -0.810. The van der Waals surface area contributed by atoms with Crippen molar-refractivity contribution in [3.05, 3.63) is 0 Å². The molecule has 0 aromatic rings. The molecule has 0 aliphatic rings. The summed E-state index contributed by atoms with van der Waals surface area (Å²) >= 11 is 0. The third kappa shape index (κ3) is 13.2. The quantitative estimate of drug-likeness (QED) is 0.439. The van der Waals surface area contributed by atoms with Crippen molar-refractivity contribution in [2.24, 2.45) is 0 Å². The van der Waals surface area contributed by atoms with E-state index in [1.807, 2.05) is 0 Å². The van der Waals surface area contributed by atoms with Gasteiger partial charge in [0.15, 0.2) is 0 Å². The van der Waals surface area contributed by atoms with E-state index in [4.69, 9.17) is 14.6 Å². The van der Waals surface area contributed by atoms with Crippen LogP contribution in [0.3, 0.4) is 0 Å². The van der Waals surface area contributed by atoms with Crippen LogP contribution in [0.25, 0.3) is 0 Å². The maximum absolute atomic E-state index is 9.99. The summed E-state index contributed by atoms with van der Waals surface area (Å²) in [5.41, 5.74) is 0. The highest BCUT2D eigenvalue weighted by Gasteiger charge is 1.95. The highest BCUT2D eigenvalue weighted by atomic mass is 16.7. The Morgan fingerprint density at radius 1 is 0.938 bits per heavy atom. The molecule has 5 heteroatoms. The van der Waals surface area contributed by atoms with E-state index in [0.29, 0.717) is 26.2 Å². The Bertz CT molecular complexity index is 160. The molecule has 0 saturated heterocycles. The fourth-order valence-corrected chi connectivity index (χ4v) is 1.03. The van der Waals surface area contributed by atoms with E-state index < -0.39 is 6.16 Å². The van der Waals surface area contributed by atoms with E-state index in [9.17, 15) is 4.79 Å². The molecule has 0 heterocycles. The van der Waals surface area contributed by atoms with Crippen LogP contribution in [-0.2, 0) is 14.2 Å². The first-order valence-corrected chi connectivity index (χ1v) is 5.78. The molecule has 96 valence electrons. The van der Waals surface area contributed by atoms with Gasteiger partial charge in [-0.25, -0.2) is 4.79 Å². The van der Waals surface area contributed by atoms with E-state index in [0.717, 1.165) is 25.9 Å². The minimum absolute atomic E-state index is 0.242. The molecule has 0 aliphatic carbocycles. The van der Waals surface area contributed by atoms with Crippen molar-refractivity contribution in [2.75, 3.05) is 33.0 Å². The van der Waals surface area contributed by atoms with E-state index >= 15 is 0 Å². The first-order chi connectivity index (χ1) is 7.77. The van der Waals surface area contributed by atoms with Crippen LogP contribution in [0.2, 0.25) is 0 Å². The van der Waals surface area contributed by atoms with E-state index in [-0.39, 0.29) is 6.61 Å². The molecule has 0 aromatic heterocycles. The Kier molecular flexibility index (Phi) is 11.6. The van der Waals surface area contributed by atoms with Crippen molar-refractivity contribution >= 4 is 6.16 Å². The monoisotopic (exact) mass is 234 g/mol. The highest BCUT2D eigenvalue weighted by Crippen LogP contribution is 1.92. The molecular weight excluding hydrogens is 212 g/mol. The van der Waals surface area contributed by atoms with Crippen LogP contribution in [-0.4, -0.2) is 44.3 Å². The number of ether oxygens (including phenoxy) is 3. The van der Waals surface area contributed by atoms with Gasteiger partial charge in [-0.15, -0.1) is 0 Å². The normalized spacial score (nSPS) is 10.3. The molecule has 0 spiro atoms. The molecule has 0 fully saturated rings. The standard InChI is InChI=1S/C11H22O5/c1-2-3-6-14-9-10-15-7-4-5-8-16-11(12)13/h2-10H2,1H3,(H,12,13). The Morgan fingerprint density at radius 3 is 2.06 bits per heavy atom. The summed E-state index contributed by atoms with van der Waals surface area (Å²) in [6.45, 7) is 5.02. The summed E-state index contributed by atoms with van der Waals surface area (Å²) in [5, 5.41) is 8.19. The van der Waals surface area contributed by atoms with Gasteiger partial charge in [0.2, 0.25) is 0 Å². The second-order valence-electron chi connectivity index (χ2n) is 3.40. The van der Waals surface area contributed by atoms with Crippen LogP contribution < -0.4 is 0 Å². The van der Waals surface area contributed by atoms with Gasteiger partial charge in [-0.1, -0.05) is 13.3 Å². The van der Waals surface area contributed by atoms with Gasteiger partial charge in [-0.2, -0.15) is 0 Å². The summed E-state index contributed by atoms with van der Waals surface area (Å²) < 4.78 is 14.9. The number of carbonyl (C=O) groups is 1. The fraction of sp³-hybridized carbons (Fsp3) is 0.909. The molecule has 0 amide bonds. The van der Waals surface area contributed by atoms with Gasteiger partial charge in [0, 0.05) is 13.2 Å². The van der Waals surface area contributed by atoms with Gasteiger partial charge in [-0.3, -0.25) is 0 Å². The van der Waals surface area contributed by atoms with E-state index in [1.165, 1.54) is 0 Å². The number of rotatable bonds is 11. The molecule has 0 rings (SSSR count). The molecule has 0 bridgehead atoms. The van der Waals surface area contributed by atoms with Gasteiger partial charge in [0.05, 0.1) is 19.8 Å².